The van der Waals surface area contributed by atoms with Crippen LogP contribution in [0.4, 0.5) is 0 Å². The summed E-state index contributed by atoms with van der Waals surface area (Å²) in [5.74, 6) is 0.752. The summed E-state index contributed by atoms with van der Waals surface area (Å²) in [5.41, 5.74) is 0.905. The van der Waals surface area contributed by atoms with Gasteiger partial charge in [0, 0.05) is 25.3 Å². The maximum atomic E-state index is 5.38. The molecule has 0 aliphatic rings. The summed E-state index contributed by atoms with van der Waals surface area (Å²) in [7, 11) is 0. The highest BCUT2D eigenvalue weighted by molar-refractivity contribution is 5.04. The number of aromatic nitrogens is 1. The zero-order chi connectivity index (χ0) is 12.5. The van der Waals surface area contributed by atoms with Gasteiger partial charge >= 0.3 is 0 Å². The minimum absolute atomic E-state index is 0.442. The molecule has 0 aliphatic carbocycles. The number of hydrogen-bond acceptors (Lipinski definition) is 5. The number of ether oxygens (including phenoxy) is 2. The molecule has 0 fully saturated rings. The van der Waals surface area contributed by atoms with Crippen LogP contribution in [0.25, 0.3) is 0 Å². The highest BCUT2D eigenvalue weighted by atomic mass is 16.5. The highest BCUT2D eigenvalue weighted by Gasteiger charge is 2.04. The van der Waals surface area contributed by atoms with Gasteiger partial charge < -0.3 is 19.3 Å². The lowest BCUT2D eigenvalue weighted by Gasteiger charge is -2.03. The van der Waals surface area contributed by atoms with E-state index >= 15 is 0 Å². The Morgan fingerprint density at radius 3 is 2.82 bits per heavy atom. The Labute approximate surface area is 102 Å². The van der Waals surface area contributed by atoms with Crippen LogP contribution in [0.2, 0.25) is 0 Å². The van der Waals surface area contributed by atoms with Crippen LogP contribution in [0.5, 0.6) is 0 Å². The largest absolute Gasteiger partial charge is 0.379 e. The van der Waals surface area contributed by atoms with Crippen molar-refractivity contribution in [3.05, 3.63) is 17.5 Å². The molecule has 1 heterocycles. The average Bonchev–Trinajstić information content (AvgIpc) is 2.74. The fourth-order valence-electron chi connectivity index (χ4n) is 1.25. The van der Waals surface area contributed by atoms with E-state index < -0.39 is 0 Å². The van der Waals surface area contributed by atoms with Crippen LogP contribution in [0.1, 0.15) is 32.2 Å². The second kappa shape index (κ2) is 8.22. The van der Waals surface area contributed by atoms with Crippen molar-refractivity contribution in [2.75, 3.05) is 19.8 Å². The molecule has 98 valence electrons. The highest BCUT2D eigenvalue weighted by Crippen LogP contribution is 2.05. The van der Waals surface area contributed by atoms with Crippen molar-refractivity contribution < 1.29 is 14.0 Å². The van der Waals surface area contributed by atoms with Crippen LogP contribution < -0.4 is 5.32 Å². The summed E-state index contributed by atoms with van der Waals surface area (Å²) in [4.78, 5) is 0. The quantitative estimate of drug-likeness (QED) is 0.668. The van der Waals surface area contributed by atoms with Gasteiger partial charge in [0.15, 0.2) is 5.76 Å². The molecular weight excluding hydrogens is 220 g/mol. The lowest BCUT2D eigenvalue weighted by molar-refractivity contribution is 0.0372. The minimum atomic E-state index is 0.442. The van der Waals surface area contributed by atoms with E-state index in [-0.39, 0.29) is 0 Å². The number of rotatable bonds is 9. The van der Waals surface area contributed by atoms with Crippen LogP contribution in [0, 0.1) is 0 Å². The summed E-state index contributed by atoms with van der Waals surface area (Å²) in [6.07, 6.45) is 0. The van der Waals surface area contributed by atoms with Crippen molar-refractivity contribution in [3.63, 3.8) is 0 Å². The van der Waals surface area contributed by atoms with Gasteiger partial charge in [0.05, 0.1) is 18.9 Å². The third-order valence-corrected chi connectivity index (χ3v) is 2.12. The molecule has 0 aliphatic heterocycles. The van der Waals surface area contributed by atoms with Crippen LogP contribution in [0.3, 0.4) is 0 Å². The molecule has 0 bridgehead atoms. The summed E-state index contributed by atoms with van der Waals surface area (Å²) < 4.78 is 15.7. The number of hydrogen-bond donors (Lipinski definition) is 1. The Morgan fingerprint density at radius 1 is 1.35 bits per heavy atom. The molecule has 1 aromatic rings. The van der Waals surface area contributed by atoms with Gasteiger partial charge in [0.2, 0.25) is 0 Å². The Kier molecular flexibility index (Phi) is 6.84. The third-order valence-electron chi connectivity index (χ3n) is 2.12. The smallest absolute Gasteiger partial charge is 0.162 e. The van der Waals surface area contributed by atoms with Gasteiger partial charge in [-0.3, -0.25) is 0 Å². The van der Waals surface area contributed by atoms with Crippen molar-refractivity contribution in [2.24, 2.45) is 0 Å². The van der Waals surface area contributed by atoms with Gasteiger partial charge in [-0.05, 0) is 6.92 Å². The Morgan fingerprint density at radius 2 is 2.12 bits per heavy atom. The van der Waals surface area contributed by atoms with E-state index in [4.69, 9.17) is 14.0 Å². The molecule has 0 spiro atoms. The predicted octanol–water partition coefficient (Wildman–Crippen LogP) is 1.73. The summed E-state index contributed by atoms with van der Waals surface area (Å²) in [6.45, 7) is 9.24. The maximum Gasteiger partial charge on any atom is 0.162 e. The SMILES string of the molecule is CCOCCOCc1cc(CNC(C)C)no1. The summed E-state index contributed by atoms with van der Waals surface area (Å²) in [6, 6.07) is 2.35. The molecule has 0 saturated carbocycles. The van der Waals surface area contributed by atoms with Crippen molar-refractivity contribution in [1.29, 1.82) is 0 Å². The average molecular weight is 242 g/mol. The van der Waals surface area contributed by atoms with Gasteiger partial charge in [0.1, 0.15) is 6.61 Å². The first kappa shape index (κ1) is 14.2. The monoisotopic (exact) mass is 242 g/mol. The normalized spacial score (nSPS) is 11.3. The van der Waals surface area contributed by atoms with E-state index in [9.17, 15) is 0 Å². The van der Waals surface area contributed by atoms with E-state index in [2.05, 4.69) is 24.3 Å². The Balaban J connectivity index is 2.17. The molecule has 0 radical (unpaired) electrons. The van der Waals surface area contributed by atoms with Gasteiger partial charge in [-0.1, -0.05) is 19.0 Å². The van der Waals surface area contributed by atoms with Crippen LogP contribution in [0.15, 0.2) is 10.6 Å². The number of nitrogens with zero attached hydrogens (tertiary/aromatic N) is 1. The van der Waals surface area contributed by atoms with Crippen LogP contribution in [-0.2, 0) is 22.6 Å². The maximum absolute atomic E-state index is 5.38. The standard InChI is InChI=1S/C12H22N2O3/c1-4-15-5-6-16-9-12-7-11(14-17-12)8-13-10(2)3/h7,10,13H,4-6,8-9H2,1-3H3. The fourth-order valence-corrected chi connectivity index (χ4v) is 1.25. The predicted molar refractivity (Wildman–Crippen MR) is 64.6 cm³/mol. The van der Waals surface area contributed by atoms with Crippen molar-refractivity contribution in [2.45, 2.75) is 40.0 Å². The van der Waals surface area contributed by atoms with Crippen molar-refractivity contribution >= 4 is 0 Å². The molecule has 0 atom stereocenters. The molecule has 1 rings (SSSR count). The van der Waals surface area contributed by atoms with E-state index in [0.717, 1.165) is 24.6 Å². The third kappa shape index (κ3) is 6.41. The van der Waals surface area contributed by atoms with E-state index in [1.54, 1.807) is 0 Å². The molecule has 1 aromatic heterocycles. The topological polar surface area (TPSA) is 56.5 Å². The molecule has 5 nitrogen and oxygen atoms in total. The minimum Gasteiger partial charge on any atom is -0.379 e. The molecule has 5 heteroatoms. The molecule has 1 N–H and O–H groups in total. The molecule has 17 heavy (non-hydrogen) atoms. The van der Waals surface area contributed by atoms with Gasteiger partial charge in [0.25, 0.3) is 0 Å². The Hall–Kier alpha value is -0.910. The first-order valence-corrected chi connectivity index (χ1v) is 6.05. The second-order valence-electron chi connectivity index (χ2n) is 4.07. The van der Waals surface area contributed by atoms with Gasteiger partial charge in [-0.25, -0.2) is 0 Å². The molecule has 0 unspecified atom stereocenters. The molecule has 0 amide bonds. The van der Waals surface area contributed by atoms with Gasteiger partial charge in [-0.15, -0.1) is 0 Å². The fraction of sp³-hybridized carbons (Fsp3) is 0.750. The van der Waals surface area contributed by atoms with Crippen molar-refractivity contribution in [3.8, 4) is 0 Å². The van der Waals surface area contributed by atoms with E-state index in [1.807, 2.05) is 13.0 Å². The van der Waals surface area contributed by atoms with Crippen LogP contribution >= 0.6 is 0 Å². The zero-order valence-electron chi connectivity index (χ0n) is 10.9. The second-order valence-corrected chi connectivity index (χ2v) is 4.07. The molecule has 0 saturated heterocycles. The van der Waals surface area contributed by atoms with Crippen LogP contribution in [-0.4, -0.2) is 31.0 Å². The number of nitrogens with one attached hydrogen (secondary N) is 1. The molecule has 0 aromatic carbocycles. The lowest BCUT2D eigenvalue weighted by Crippen LogP contribution is -2.21. The zero-order valence-corrected chi connectivity index (χ0v) is 10.9. The first-order chi connectivity index (χ1) is 8.22. The summed E-state index contributed by atoms with van der Waals surface area (Å²) in [5, 5.41) is 7.23. The van der Waals surface area contributed by atoms with E-state index in [1.165, 1.54) is 0 Å². The van der Waals surface area contributed by atoms with Gasteiger partial charge in [-0.2, -0.15) is 0 Å². The first-order valence-electron chi connectivity index (χ1n) is 6.05. The van der Waals surface area contributed by atoms with E-state index in [0.29, 0.717) is 25.9 Å². The van der Waals surface area contributed by atoms with Crippen molar-refractivity contribution in [1.82, 2.24) is 10.5 Å². The summed E-state index contributed by atoms with van der Waals surface area (Å²) >= 11 is 0. The Bertz CT molecular complexity index is 300. The lowest BCUT2D eigenvalue weighted by atomic mass is 10.3. The molecular formula is C12H22N2O3.